The van der Waals surface area contributed by atoms with Crippen LogP contribution >= 0.6 is 0 Å². The number of hydrogen-bond acceptors (Lipinski definition) is 2. The molecule has 2 aromatic rings. The molecular weight excluding hydrogens is 220 g/mol. The van der Waals surface area contributed by atoms with E-state index in [2.05, 4.69) is 57.3 Å². The minimum atomic E-state index is 0.791. The molecule has 0 unspecified atom stereocenters. The van der Waals surface area contributed by atoms with E-state index in [0.29, 0.717) is 0 Å². The predicted molar refractivity (Wildman–Crippen MR) is 79.5 cm³/mol. The summed E-state index contributed by atoms with van der Waals surface area (Å²) >= 11 is 0. The number of nitrogens with two attached hydrogens (primary N) is 1. The molecule has 0 amide bonds. The third-order valence-corrected chi connectivity index (χ3v) is 3.54. The first kappa shape index (κ1) is 12.5. The Bertz CT molecular complexity index is 586. The first-order chi connectivity index (χ1) is 8.49. The molecule has 94 valence electrons. The van der Waals surface area contributed by atoms with E-state index in [1.807, 2.05) is 6.07 Å². The quantitative estimate of drug-likeness (QED) is 0.770. The maximum Gasteiger partial charge on any atom is 0.0620 e. The highest BCUT2D eigenvalue weighted by Crippen LogP contribution is 2.28. The largest absolute Gasteiger partial charge is 0.397 e. The van der Waals surface area contributed by atoms with Crippen molar-refractivity contribution in [2.75, 3.05) is 11.1 Å². The average Bonchev–Trinajstić information content (AvgIpc) is 2.32. The Morgan fingerprint density at radius 3 is 2.22 bits per heavy atom. The summed E-state index contributed by atoms with van der Waals surface area (Å²) in [5.74, 6) is 0. The zero-order valence-corrected chi connectivity index (χ0v) is 11.5. The molecule has 0 fully saturated rings. The normalized spacial score (nSPS) is 10.4. The van der Waals surface area contributed by atoms with Crippen LogP contribution in [0.25, 0.3) is 0 Å². The van der Waals surface area contributed by atoms with Gasteiger partial charge in [-0.15, -0.1) is 0 Å². The SMILES string of the molecule is Cc1cc(N)c(Nc2cccc(C)c2C)cc1C. The minimum Gasteiger partial charge on any atom is -0.397 e. The van der Waals surface area contributed by atoms with E-state index in [4.69, 9.17) is 5.73 Å². The standard InChI is InChI=1S/C16H20N2/c1-10-6-5-7-15(13(10)4)18-16-9-12(3)11(2)8-14(16)17/h5-9,18H,17H2,1-4H3. The Kier molecular flexibility index (Phi) is 3.28. The summed E-state index contributed by atoms with van der Waals surface area (Å²) in [5, 5.41) is 3.42. The lowest BCUT2D eigenvalue weighted by Crippen LogP contribution is -2.00. The summed E-state index contributed by atoms with van der Waals surface area (Å²) in [4.78, 5) is 0. The van der Waals surface area contributed by atoms with Crippen LogP contribution in [0.4, 0.5) is 17.1 Å². The maximum absolute atomic E-state index is 6.06. The van der Waals surface area contributed by atoms with Crippen molar-refractivity contribution < 1.29 is 0 Å². The third-order valence-electron chi connectivity index (χ3n) is 3.54. The molecule has 0 aliphatic rings. The van der Waals surface area contributed by atoms with Gasteiger partial charge in [0.1, 0.15) is 0 Å². The highest BCUT2D eigenvalue weighted by atomic mass is 14.9. The second-order valence-electron chi connectivity index (χ2n) is 4.90. The zero-order valence-electron chi connectivity index (χ0n) is 11.5. The van der Waals surface area contributed by atoms with Crippen LogP contribution in [0.2, 0.25) is 0 Å². The van der Waals surface area contributed by atoms with Gasteiger partial charge in [-0.1, -0.05) is 12.1 Å². The van der Waals surface area contributed by atoms with Gasteiger partial charge in [0, 0.05) is 5.69 Å². The van der Waals surface area contributed by atoms with Crippen molar-refractivity contribution in [3.8, 4) is 0 Å². The van der Waals surface area contributed by atoms with Gasteiger partial charge in [0.25, 0.3) is 0 Å². The van der Waals surface area contributed by atoms with Crippen molar-refractivity contribution in [2.24, 2.45) is 0 Å². The lowest BCUT2D eigenvalue weighted by molar-refractivity contribution is 1.31. The first-order valence-electron chi connectivity index (χ1n) is 6.19. The van der Waals surface area contributed by atoms with E-state index < -0.39 is 0 Å². The zero-order chi connectivity index (χ0) is 13.3. The van der Waals surface area contributed by atoms with Gasteiger partial charge < -0.3 is 11.1 Å². The molecular formula is C16H20N2. The highest BCUT2D eigenvalue weighted by molar-refractivity contribution is 5.75. The fourth-order valence-electron chi connectivity index (χ4n) is 1.98. The van der Waals surface area contributed by atoms with Gasteiger partial charge in [0.05, 0.1) is 11.4 Å². The summed E-state index contributed by atoms with van der Waals surface area (Å²) in [7, 11) is 0. The molecule has 0 saturated heterocycles. The van der Waals surface area contributed by atoms with Gasteiger partial charge in [-0.2, -0.15) is 0 Å². The molecule has 2 rings (SSSR count). The second kappa shape index (κ2) is 4.73. The van der Waals surface area contributed by atoms with Crippen molar-refractivity contribution >= 4 is 17.1 Å². The maximum atomic E-state index is 6.06. The second-order valence-corrected chi connectivity index (χ2v) is 4.90. The van der Waals surface area contributed by atoms with Crippen molar-refractivity contribution in [1.29, 1.82) is 0 Å². The van der Waals surface area contributed by atoms with Crippen LogP contribution in [0.15, 0.2) is 30.3 Å². The van der Waals surface area contributed by atoms with Gasteiger partial charge >= 0.3 is 0 Å². The number of nitrogen functional groups attached to an aromatic ring is 1. The molecule has 0 aliphatic carbocycles. The van der Waals surface area contributed by atoms with Gasteiger partial charge in [-0.25, -0.2) is 0 Å². The predicted octanol–water partition coefficient (Wildman–Crippen LogP) is 4.25. The van der Waals surface area contributed by atoms with Gasteiger partial charge in [-0.3, -0.25) is 0 Å². The average molecular weight is 240 g/mol. The van der Waals surface area contributed by atoms with Gasteiger partial charge in [0.2, 0.25) is 0 Å². The molecule has 0 atom stereocenters. The number of benzene rings is 2. The molecule has 0 saturated carbocycles. The number of rotatable bonds is 2. The van der Waals surface area contributed by atoms with E-state index in [1.165, 1.54) is 22.3 Å². The smallest absolute Gasteiger partial charge is 0.0620 e. The van der Waals surface area contributed by atoms with E-state index in [-0.39, 0.29) is 0 Å². The summed E-state index contributed by atoms with van der Waals surface area (Å²) in [5.41, 5.74) is 14.0. The number of aryl methyl sites for hydroxylation is 3. The van der Waals surface area contributed by atoms with Crippen LogP contribution in [-0.4, -0.2) is 0 Å². The van der Waals surface area contributed by atoms with E-state index in [9.17, 15) is 0 Å². The molecule has 2 nitrogen and oxygen atoms in total. The van der Waals surface area contributed by atoms with Crippen LogP contribution < -0.4 is 11.1 Å². The molecule has 0 aliphatic heterocycles. The Balaban J connectivity index is 2.40. The highest BCUT2D eigenvalue weighted by Gasteiger charge is 2.05. The van der Waals surface area contributed by atoms with Crippen molar-refractivity contribution in [2.45, 2.75) is 27.7 Å². The Morgan fingerprint density at radius 2 is 1.50 bits per heavy atom. The van der Waals surface area contributed by atoms with Crippen LogP contribution in [-0.2, 0) is 0 Å². The first-order valence-corrected chi connectivity index (χ1v) is 6.19. The molecule has 0 heterocycles. The van der Waals surface area contributed by atoms with Crippen molar-refractivity contribution in [3.05, 3.63) is 52.6 Å². The summed E-state index contributed by atoms with van der Waals surface area (Å²) in [6, 6.07) is 10.4. The third kappa shape index (κ3) is 2.33. The summed E-state index contributed by atoms with van der Waals surface area (Å²) in [6.07, 6.45) is 0. The van der Waals surface area contributed by atoms with Gasteiger partial charge in [-0.05, 0) is 68.1 Å². The van der Waals surface area contributed by atoms with Gasteiger partial charge in [0.15, 0.2) is 0 Å². The summed E-state index contributed by atoms with van der Waals surface area (Å²) in [6.45, 7) is 8.41. The topological polar surface area (TPSA) is 38.0 Å². The molecule has 0 aromatic heterocycles. The Morgan fingerprint density at radius 1 is 0.833 bits per heavy atom. The number of hydrogen-bond donors (Lipinski definition) is 2. The number of anilines is 3. The number of nitrogens with one attached hydrogen (secondary N) is 1. The van der Waals surface area contributed by atoms with E-state index in [0.717, 1.165) is 17.1 Å². The lowest BCUT2D eigenvalue weighted by atomic mass is 10.1. The van der Waals surface area contributed by atoms with Crippen molar-refractivity contribution in [3.63, 3.8) is 0 Å². The van der Waals surface area contributed by atoms with Crippen LogP contribution in [0, 0.1) is 27.7 Å². The van der Waals surface area contributed by atoms with E-state index >= 15 is 0 Å². The summed E-state index contributed by atoms with van der Waals surface area (Å²) < 4.78 is 0. The molecule has 2 heteroatoms. The molecule has 0 radical (unpaired) electrons. The van der Waals surface area contributed by atoms with E-state index in [1.54, 1.807) is 0 Å². The van der Waals surface area contributed by atoms with Crippen molar-refractivity contribution in [1.82, 2.24) is 0 Å². The fourth-order valence-corrected chi connectivity index (χ4v) is 1.98. The molecule has 0 bridgehead atoms. The minimum absolute atomic E-state index is 0.791. The van der Waals surface area contributed by atoms with Crippen LogP contribution in [0.3, 0.4) is 0 Å². The molecule has 3 N–H and O–H groups in total. The molecule has 0 spiro atoms. The molecule has 18 heavy (non-hydrogen) atoms. The molecule has 2 aromatic carbocycles. The fraction of sp³-hybridized carbons (Fsp3) is 0.250. The lowest BCUT2D eigenvalue weighted by Gasteiger charge is -2.15. The van der Waals surface area contributed by atoms with Crippen LogP contribution in [0.1, 0.15) is 22.3 Å². The Labute approximate surface area is 109 Å². The van der Waals surface area contributed by atoms with Crippen LogP contribution in [0.5, 0.6) is 0 Å². The Hall–Kier alpha value is -1.96. The monoisotopic (exact) mass is 240 g/mol.